The minimum atomic E-state index is -4.91. The van der Waals surface area contributed by atoms with E-state index in [1.807, 2.05) is 0 Å². The first kappa shape index (κ1) is 11.7. The first-order valence-corrected chi connectivity index (χ1v) is 4.86. The predicted molar refractivity (Wildman–Crippen MR) is 42.1 cm³/mol. The number of nitrogen functional groups attached to an aromatic ring is 1. The fourth-order valence-electron chi connectivity index (χ4n) is 0.878. The second-order valence-electron chi connectivity index (χ2n) is 2.54. The van der Waals surface area contributed by atoms with Crippen LogP contribution in [0.2, 0.25) is 0 Å². The Morgan fingerprint density at radius 1 is 0.867 bits per heavy atom. The third-order valence-electron chi connectivity index (χ3n) is 1.54. The molecular weight excluding hydrogens is 240 g/mol. The molecule has 0 aliphatic heterocycles. The van der Waals surface area contributed by atoms with Crippen LogP contribution in [-0.4, -0.2) is 8.42 Å². The zero-order valence-electron chi connectivity index (χ0n) is 6.89. The molecular formula is C6H4F4N2O2S. The summed E-state index contributed by atoms with van der Waals surface area (Å²) in [5.41, 5.74) is 3.18. The molecule has 0 radical (unpaired) electrons. The van der Waals surface area contributed by atoms with Gasteiger partial charge >= 0.3 is 0 Å². The van der Waals surface area contributed by atoms with Gasteiger partial charge in [-0.2, -0.15) is 0 Å². The fourth-order valence-corrected chi connectivity index (χ4v) is 1.56. The third kappa shape index (κ3) is 1.75. The second kappa shape index (κ2) is 3.35. The number of rotatable bonds is 1. The van der Waals surface area contributed by atoms with Crippen molar-refractivity contribution in [2.45, 2.75) is 4.90 Å². The molecule has 84 valence electrons. The van der Waals surface area contributed by atoms with Crippen LogP contribution in [0.1, 0.15) is 0 Å². The molecule has 0 amide bonds. The first-order valence-electron chi connectivity index (χ1n) is 3.32. The van der Waals surface area contributed by atoms with E-state index < -0.39 is 43.9 Å². The van der Waals surface area contributed by atoms with Crippen molar-refractivity contribution in [2.75, 3.05) is 5.73 Å². The van der Waals surface area contributed by atoms with Crippen LogP contribution in [0.3, 0.4) is 0 Å². The summed E-state index contributed by atoms with van der Waals surface area (Å²) in [6, 6.07) is 0. The van der Waals surface area contributed by atoms with Crippen molar-refractivity contribution < 1.29 is 26.0 Å². The highest BCUT2D eigenvalue weighted by Crippen LogP contribution is 2.27. The van der Waals surface area contributed by atoms with Crippen LogP contribution in [0.4, 0.5) is 23.2 Å². The molecule has 1 rings (SSSR count). The van der Waals surface area contributed by atoms with Gasteiger partial charge in [0.15, 0.2) is 28.2 Å². The quantitative estimate of drug-likeness (QED) is 0.427. The summed E-state index contributed by atoms with van der Waals surface area (Å²) in [6.45, 7) is 0. The lowest BCUT2D eigenvalue weighted by Gasteiger charge is -2.06. The van der Waals surface area contributed by atoms with Gasteiger partial charge in [-0.05, 0) is 0 Å². The Hall–Kier alpha value is -1.35. The van der Waals surface area contributed by atoms with E-state index >= 15 is 0 Å². The molecule has 0 aromatic heterocycles. The molecule has 15 heavy (non-hydrogen) atoms. The normalized spacial score (nSPS) is 11.8. The van der Waals surface area contributed by atoms with Crippen molar-refractivity contribution in [1.82, 2.24) is 0 Å². The number of anilines is 1. The van der Waals surface area contributed by atoms with Gasteiger partial charge in [0.05, 0.1) is 0 Å². The monoisotopic (exact) mass is 244 g/mol. The van der Waals surface area contributed by atoms with E-state index in [0.29, 0.717) is 0 Å². The predicted octanol–water partition coefficient (Wildman–Crippen LogP) is 0.473. The highest BCUT2D eigenvalue weighted by atomic mass is 32.2. The molecule has 0 unspecified atom stereocenters. The number of benzene rings is 1. The van der Waals surface area contributed by atoms with Crippen LogP contribution in [-0.2, 0) is 10.0 Å². The van der Waals surface area contributed by atoms with Crippen molar-refractivity contribution in [1.29, 1.82) is 0 Å². The number of primary sulfonamides is 1. The number of hydrogen-bond donors (Lipinski definition) is 2. The van der Waals surface area contributed by atoms with Gasteiger partial charge < -0.3 is 5.73 Å². The molecule has 4 N–H and O–H groups in total. The summed E-state index contributed by atoms with van der Waals surface area (Å²) in [5.74, 6) is -8.29. The van der Waals surface area contributed by atoms with Gasteiger partial charge in [-0.1, -0.05) is 0 Å². The molecule has 1 aromatic rings. The molecule has 0 heterocycles. The van der Waals surface area contributed by atoms with Gasteiger partial charge in [0.2, 0.25) is 10.0 Å². The summed E-state index contributed by atoms with van der Waals surface area (Å²) in [4.78, 5) is -1.88. The van der Waals surface area contributed by atoms with Crippen LogP contribution in [0.25, 0.3) is 0 Å². The van der Waals surface area contributed by atoms with E-state index in [-0.39, 0.29) is 0 Å². The third-order valence-corrected chi connectivity index (χ3v) is 2.47. The Morgan fingerprint density at radius 2 is 1.20 bits per heavy atom. The maximum absolute atomic E-state index is 12.9. The number of sulfonamides is 1. The minimum absolute atomic E-state index is 1.45. The molecule has 4 nitrogen and oxygen atoms in total. The van der Waals surface area contributed by atoms with E-state index in [1.54, 1.807) is 0 Å². The van der Waals surface area contributed by atoms with Crippen LogP contribution in [0.15, 0.2) is 4.90 Å². The zero-order chi connectivity index (χ0) is 12.0. The van der Waals surface area contributed by atoms with Gasteiger partial charge in [0.25, 0.3) is 0 Å². The van der Waals surface area contributed by atoms with Crippen molar-refractivity contribution >= 4 is 15.7 Å². The molecule has 9 heteroatoms. The summed E-state index contributed by atoms with van der Waals surface area (Å²) >= 11 is 0. The van der Waals surface area contributed by atoms with Crippen LogP contribution >= 0.6 is 0 Å². The average Bonchev–Trinajstić information content (AvgIpc) is 2.09. The molecule has 0 aliphatic carbocycles. The van der Waals surface area contributed by atoms with Crippen molar-refractivity contribution in [2.24, 2.45) is 5.14 Å². The van der Waals surface area contributed by atoms with E-state index in [2.05, 4.69) is 10.9 Å². The lowest BCUT2D eigenvalue weighted by Crippen LogP contribution is -2.19. The van der Waals surface area contributed by atoms with Gasteiger partial charge in [-0.3, -0.25) is 0 Å². The highest BCUT2D eigenvalue weighted by molar-refractivity contribution is 7.89. The molecule has 0 saturated heterocycles. The van der Waals surface area contributed by atoms with E-state index in [0.717, 1.165) is 0 Å². The maximum Gasteiger partial charge on any atom is 0.244 e. The summed E-state index contributed by atoms with van der Waals surface area (Å²) < 4.78 is 72.5. The lowest BCUT2D eigenvalue weighted by molar-refractivity contribution is 0.424. The average molecular weight is 244 g/mol. The molecule has 0 atom stereocenters. The summed E-state index contributed by atoms with van der Waals surface area (Å²) in [5, 5.41) is 4.36. The maximum atomic E-state index is 12.9. The Morgan fingerprint density at radius 3 is 1.47 bits per heavy atom. The standard InChI is InChI=1S/C6H4F4N2O2S/c7-1-3(9)6(15(12,13)14)4(10)2(8)5(1)11/h11H2,(H2,12,13,14). The molecule has 0 saturated carbocycles. The minimum Gasteiger partial charge on any atom is -0.394 e. The number of halogens is 4. The topological polar surface area (TPSA) is 86.2 Å². The Bertz CT molecular complexity index is 499. The Kier molecular flexibility index (Phi) is 2.62. The van der Waals surface area contributed by atoms with Crippen LogP contribution in [0.5, 0.6) is 0 Å². The SMILES string of the molecule is Nc1c(F)c(F)c(S(N)(=O)=O)c(F)c1F. The molecule has 0 spiro atoms. The molecule has 0 bridgehead atoms. The van der Waals surface area contributed by atoms with Crippen LogP contribution in [0, 0.1) is 23.3 Å². The summed E-state index contributed by atoms with van der Waals surface area (Å²) in [6.07, 6.45) is 0. The molecule has 1 aromatic carbocycles. The van der Waals surface area contributed by atoms with Crippen LogP contribution < -0.4 is 10.9 Å². The van der Waals surface area contributed by atoms with E-state index in [1.165, 1.54) is 0 Å². The summed E-state index contributed by atoms with van der Waals surface area (Å²) in [7, 11) is -4.91. The van der Waals surface area contributed by atoms with Crippen molar-refractivity contribution in [3.8, 4) is 0 Å². The number of hydrogen-bond acceptors (Lipinski definition) is 3. The van der Waals surface area contributed by atoms with E-state index in [9.17, 15) is 26.0 Å². The van der Waals surface area contributed by atoms with Gasteiger partial charge in [-0.25, -0.2) is 31.1 Å². The molecule has 0 aliphatic rings. The molecule has 0 fully saturated rings. The Labute approximate surface area is 81.5 Å². The largest absolute Gasteiger partial charge is 0.394 e. The van der Waals surface area contributed by atoms with Crippen molar-refractivity contribution in [3.05, 3.63) is 23.3 Å². The Balaban J connectivity index is 3.84. The van der Waals surface area contributed by atoms with Crippen molar-refractivity contribution in [3.63, 3.8) is 0 Å². The van der Waals surface area contributed by atoms with Gasteiger partial charge in [0.1, 0.15) is 5.69 Å². The second-order valence-corrected chi connectivity index (χ2v) is 4.04. The lowest BCUT2D eigenvalue weighted by atomic mass is 10.2. The first-order chi connectivity index (χ1) is 6.68. The van der Waals surface area contributed by atoms with Gasteiger partial charge in [0, 0.05) is 0 Å². The smallest absolute Gasteiger partial charge is 0.244 e. The fraction of sp³-hybridized carbons (Fsp3) is 0. The van der Waals surface area contributed by atoms with Gasteiger partial charge in [-0.15, -0.1) is 0 Å². The highest BCUT2D eigenvalue weighted by Gasteiger charge is 2.30. The van der Waals surface area contributed by atoms with E-state index in [4.69, 9.17) is 0 Å². The zero-order valence-corrected chi connectivity index (χ0v) is 7.71. The number of nitrogens with two attached hydrogens (primary N) is 2.